The molecule has 0 aromatic carbocycles. The molecule has 1 heterocycles. The third kappa shape index (κ3) is 5.06. The van der Waals surface area contributed by atoms with Gasteiger partial charge in [0, 0.05) is 25.0 Å². The van der Waals surface area contributed by atoms with Gasteiger partial charge in [-0.3, -0.25) is 9.69 Å². The zero-order valence-electron chi connectivity index (χ0n) is 12.9. The van der Waals surface area contributed by atoms with E-state index in [1.54, 1.807) is 0 Å². The molecule has 1 amide bonds. The number of nitrogens with zero attached hydrogens (tertiary/aromatic N) is 1. The molecule has 20 heavy (non-hydrogen) atoms. The lowest BCUT2D eigenvalue weighted by molar-refractivity contribution is -0.122. The molecule has 4 heteroatoms. The molecule has 1 saturated heterocycles. The van der Waals surface area contributed by atoms with Crippen LogP contribution in [-0.4, -0.2) is 42.5 Å². The second-order valence-corrected chi connectivity index (χ2v) is 6.73. The maximum atomic E-state index is 12.0. The minimum absolute atomic E-state index is 0.231. The van der Waals surface area contributed by atoms with Gasteiger partial charge in [0.2, 0.25) is 5.91 Å². The molecule has 0 bridgehead atoms. The van der Waals surface area contributed by atoms with E-state index in [9.17, 15) is 4.79 Å². The van der Waals surface area contributed by atoms with Crippen LogP contribution in [0.1, 0.15) is 58.3 Å². The van der Waals surface area contributed by atoms with Gasteiger partial charge < -0.3 is 11.1 Å². The van der Waals surface area contributed by atoms with Crippen LogP contribution < -0.4 is 11.1 Å². The van der Waals surface area contributed by atoms with Crippen molar-refractivity contribution in [2.75, 3.05) is 19.6 Å². The van der Waals surface area contributed by atoms with Crippen molar-refractivity contribution in [3.05, 3.63) is 0 Å². The highest BCUT2D eigenvalue weighted by Crippen LogP contribution is 2.25. The number of nitrogens with two attached hydrogens (primary N) is 1. The highest BCUT2D eigenvalue weighted by Gasteiger charge is 2.22. The molecule has 1 atom stereocenters. The van der Waals surface area contributed by atoms with Gasteiger partial charge in [0.25, 0.3) is 0 Å². The van der Waals surface area contributed by atoms with Crippen molar-refractivity contribution < 1.29 is 4.79 Å². The molecule has 1 unspecified atom stereocenters. The van der Waals surface area contributed by atoms with Crippen molar-refractivity contribution in [2.45, 2.75) is 70.4 Å². The average molecular weight is 281 g/mol. The minimum atomic E-state index is 0.231. The summed E-state index contributed by atoms with van der Waals surface area (Å²) in [6.45, 7) is 5.41. The van der Waals surface area contributed by atoms with Crippen LogP contribution in [-0.2, 0) is 4.79 Å². The van der Waals surface area contributed by atoms with Crippen LogP contribution >= 0.6 is 0 Å². The molecule has 3 N–H and O–H groups in total. The number of piperidine rings is 1. The number of carbonyl (C=O) groups excluding carboxylic acids is 1. The van der Waals surface area contributed by atoms with Crippen molar-refractivity contribution >= 4 is 5.91 Å². The van der Waals surface area contributed by atoms with Gasteiger partial charge in [0.1, 0.15) is 0 Å². The van der Waals surface area contributed by atoms with E-state index in [1.165, 1.54) is 32.4 Å². The molecule has 2 fully saturated rings. The van der Waals surface area contributed by atoms with Crippen molar-refractivity contribution in [3.8, 4) is 0 Å². The molecular weight excluding hydrogens is 250 g/mol. The maximum absolute atomic E-state index is 12.0. The molecule has 1 saturated carbocycles. The second kappa shape index (κ2) is 7.99. The molecule has 116 valence electrons. The molecule has 0 radical (unpaired) electrons. The molecular formula is C16H31N3O. The van der Waals surface area contributed by atoms with Gasteiger partial charge in [-0.2, -0.15) is 0 Å². The first-order chi connectivity index (χ1) is 9.65. The first kappa shape index (κ1) is 15.8. The fourth-order valence-corrected chi connectivity index (χ4v) is 3.48. The van der Waals surface area contributed by atoms with E-state index in [-0.39, 0.29) is 5.91 Å². The fourth-order valence-electron chi connectivity index (χ4n) is 3.48. The molecule has 1 aliphatic heterocycles. The van der Waals surface area contributed by atoms with Gasteiger partial charge in [0.15, 0.2) is 0 Å². The Labute approximate surface area is 123 Å². The number of amides is 1. The first-order valence-corrected chi connectivity index (χ1v) is 8.41. The summed E-state index contributed by atoms with van der Waals surface area (Å²) in [5.41, 5.74) is 5.90. The lowest BCUT2D eigenvalue weighted by Crippen LogP contribution is -2.44. The summed E-state index contributed by atoms with van der Waals surface area (Å²) in [4.78, 5) is 14.5. The number of rotatable bonds is 5. The predicted octanol–water partition coefficient (Wildman–Crippen LogP) is 1.88. The van der Waals surface area contributed by atoms with Crippen LogP contribution in [0.25, 0.3) is 0 Å². The Hall–Kier alpha value is -0.610. The highest BCUT2D eigenvalue weighted by atomic mass is 16.1. The summed E-state index contributed by atoms with van der Waals surface area (Å²) in [5, 5.41) is 3.13. The lowest BCUT2D eigenvalue weighted by Gasteiger charge is -2.32. The van der Waals surface area contributed by atoms with Crippen molar-refractivity contribution in [3.63, 3.8) is 0 Å². The van der Waals surface area contributed by atoms with Crippen molar-refractivity contribution in [2.24, 2.45) is 11.7 Å². The third-order valence-electron chi connectivity index (χ3n) is 4.97. The molecule has 2 aliphatic rings. The van der Waals surface area contributed by atoms with E-state index in [4.69, 9.17) is 5.73 Å². The number of hydrogen-bond donors (Lipinski definition) is 2. The van der Waals surface area contributed by atoms with Crippen LogP contribution in [0.5, 0.6) is 0 Å². The Bertz CT molecular complexity index is 294. The second-order valence-electron chi connectivity index (χ2n) is 6.73. The Morgan fingerprint density at radius 3 is 2.50 bits per heavy atom. The van der Waals surface area contributed by atoms with Crippen LogP contribution in [0.3, 0.4) is 0 Å². The zero-order chi connectivity index (χ0) is 14.4. The SMILES string of the molecule is CC(CNC(=O)CC1CCC(N)CC1)N1CCCCC1. The Morgan fingerprint density at radius 1 is 1.20 bits per heavy atom. The van der Waals surface area contributed by atoms with Gasteiger partial charge in [-0.25, -0.2) is 0 Å². The quantitative estimate of drug-likeness (QED) is 0.809. The average Bonchev–Trinajstić information content (AvgIpc) is 2.48. The zero-order valence-corrected chi connectivity index (χ0v) is 12.9. The summed E-state index contributed by atoms with van der Waals surface area (Å²) in [6.07, 6.45) is 9.08. The van der Waals surface area contributed by atoms with E-state index in [0.717, 1.165) is 32.2 Å². The van der Waals surface area contributed by atoms with Crippen molar-refractivity contribution in [1.29, 1.82) is 0 Å². The summed E-state index contributed by atoms with van der Waals surface area (Å²) in [7, 11) is 0. The van der Waals surface area contributed by atoms with Gasteiger partial charge in [-0.05, 0) is 64.5 Å². The van der Waals surface area contributed by atoms with Crippen LogP contribution in [0.2, 0.25) is 0 Å². The molecule has 0 spiro atoms. The fraction of sp³-hybridized carbons (Fsp3) is 0.938. The van der Waals surface area contributed by atoms with E-state index in [1.807, 2.05) is 0 Å². The Kier molecular flexibility index (Phi) is 6.30. The topological polar surface area (TPSA) is 58.4 Å². The molecule has 2 rings (SSSR count). The monoisotopic (exact) mass is 281 g/mol. The summed E-state index contributed by atoms with van der Waals surface area (Å²) in [6, 6.07) is 0.840. The molecule has 0 aromatic rings. The van der Waals surface area contributed by atoms with Crippen molar-refractivity contribution in [1.82, 2.24) is 10.2 Å². The lowest BCUT2D eigenvalue weighted by atomic mass is 9.84. The number of likely N-dealkylation sites (tertiary alicyclic amines) is 1. The highest BCUT2D eigenvalue weighted by molar-refractivity contribution is 5.76. The molecule has 0 aromatic heterocycles. The van der Waals surface area contributed by atoms with E-state index < -0.39 is 0 Å². The number of hydrogen-bond acceptors (Lipinski definition) is 3. The predicted molar refractivity (Wildman–Crippen MR) is 82.4 cm³/mol. The number of nitrogens with one attached hydrogen (secondary N) is 1. The van der Waals surface area contributed by atoms with E-state index >= 15 is 0 Å². The standard InChI is InChI=1S/C16H31N3O/c1-13(19-9-3-2-4-10-19)12-18-16(20)11-14-5-7-15(17)8-6-14/h13-15H,2-12,17H2,1H3,(H,18,20). The minimum Gasteiger partial charge on any atom is -0.355 e. The van der Waals surface area contributed by atoms with Crippen LogP contribution in [0.4, 0.5) is 0 Å². The molecule has 1 aliphatic carbocycles. The molecule has 4 nitrogen and oxygen atoms in total. The summed E-state index contributed by atoms with van der Waals surface area (Å²) >= 11 is 0. The smallest absolute Gasteiger partial charge is 0.220 e. The van der Waals surface area contributed by atoms with Crippen LogP contribution in [0, 0.1) is 5.92 Å². The maximum Gasteiger partial charge on any atom is 0.220 e. The van der Waals surface area contributed by atoms with Gasteiger partial charge >= 0.3 is 0 Å². The van der Waals surface area contributed by atoms with E-state index in [2.05, 4.69) is 17.1 Å². The first-order valence-electron chi connectivity index (χ1n) is 8.41. The normalized spacial score (nSPS) is 29.9. The van der Waals surface area contributed by atoms with Gasteiger partial charge in [0.05, 0.1) is 0 Å². The van der Waals surface area contributed by atoms with Gasteiger partial charge in [-0.1, -0.05) is 6.42 Å². The summed E-state index contributed by atoms with van der Waals surface area (Å²) < 4.78 is 0. The third-order valence-corrected chi connectivity index (χ3v) is 4.97. The Morgan fingerprint density at radius 2 is 1.85 bits per heavy atom. The van der Waals surface area contributed by atoms with Crippen LogP contribution in [0.15, 0.2) is 0 Å². The largest absolute Gasteiger partial charge is 0.355 e. The Balaban J connectivity index is 1.61. The summed E-state index contributed by atoms with van der Waals surface area (Å²) in [5.74, 6) is 0.787. The van der Waals surface area contributed by atoms with E-state index in [0.29, 0.717) is 24.4 Å². The van der Waals surface area contributed by atoms with Gasteiger partial charge in [-0.15, -0.1) is 0 Å². The number of carbonyl (C=O) groups is 1.